The second-order valence-electron chi connectivity index (χ2n) is 2.80. The Balaban J connectivity index is 0.000000605. The Bertz CT molecular complexity index is 259. The number of imidazole rings is 1. The van der Waals surface area contributed by atoms with Crippen molar-refractivity contribution >= 4 is 24.8 Å². The summed E-state index contributed by atoms with van der Waals surface area (Å²) >= 11 is 0. The SMILES string of the molecule is Cc1cnc2n1CCC2N.Cl.Cl. The summed E-state index contributed by atoms with van der Waals surface area (Å²) in [4.78, 5) is 4.22. The number of aryl methyl sites for hydroxylation is 1. The number of nitrogens with zero attached hydrogens (tertiary/aromatic N) is 2. The summed E-state index contributed by atoms with van der Waals surface area (Å²) in [7, 11) is 0. The van der Waals surface area contributed by atoms with Gasteiger partial charge in [-0.1, -0.05) is 0 Å². The molecule has 1 aromatic heterocycles. The average molecular weight is 210 g/mol. The molecule has 0 fully saturated rings. The van der Waals surface area contributed by atoms with E-state index in [0.717, 1.165) is 18.8 Å². The molecule has 0 saturated carbocycles. The molecule has 1 unspecified atom stereocenters. The lowest BCUT2D eigenvalue weighted by molar-refractivity contribution is 0.673. The van der Waals surface area contributed by atoms with Crippen LogP contribution in [-0.2, 0) is 6.54 Å². The van der Waals surface area contributed by atoms with Crippen LogP contribution in [0.1, 0.15) is 24.0 Å². The van der Waals surface area contributed by atoms with E-state index in [-0.39, 0.29) is 30.9 Å². The molecule has 2 rings (SSSR count). The molecule has 3 nitrogen and oxygen atoms in total. The van der Waals surface area contributed by atoms with Gasteiger partial charge in [0.05, 0.1) is 6.04 Å². The summed E-state index contributed by atoms with van der Waals surface area (Å²) in [5.41, 5.74) is 7.00. The zero-order valence-corrected chi connectivity index (χ0v) is 8.49. The van der Waals surface area contributed by atoms with Crippen molar-refractivity contribution in [1.29, 1.82) is 0 Å². The fourth-order valence-electron chi connectivity index (χ4n) is 1.46. The molecular weight excluding hydrogens is 197 g/mol. The molecule has 0 saturated heterocycles. The van der Waals surface area contributed by atoms with Crippen molar-refractivity contribution in [3.63, 3.8) is 0 Å². The second kappa shape index (κ2) is 4.12. The van der Waals surface area contributed by atoms with Gasteiger partial charge in [0.2, 0.25) is 0 Å². The van der Waals surface area contributed by atoms with Crippen LogP contribution in [0.4, 0.5) is 0 Å². The Hall–Kier alpha value is -0.250. The maximum Gasteiger partial charge on any atom is 0.125 e. The van der Waals surface area contributed by atoms with E-state index in [9.17, 15) is 0 Å². The molecule has 2 N–H and O–H groups in total. The Labute approximate surface area is 84.2 Å². The van der Waals surface area contributed by atoms with Crippen LogP contribution in [0.25, 0.3) is 0 Å². The van der Waals surface area contributed by atoms with E-state index in [0.29, 0.717) is 0 Å². The summed E-state index contributed by atoms with van der Waals surface area (Å²) in [6.07, 6.45) is 2.93. The van der Waals surface area contributed by atoms with Crippen LogP contribution in [0.2, 0.25) is 0 Å². The highest BCUT2D eigenvalue weighted by Gasteiger charge is 2.20. The molecule has 0 aromatic carbocycles. The lowest BCUT2D eigenvalue weighted by Gasteiger charge is -1.97. The minimum Gasteiger partial charge on any atom is -0.331 e. The largest absolute Gasteiger partial charge is 0.331 e. The quantitative estimate of drug-likeness (QED) is 0.704. The Morgan fingerprint density at radius 3 is 2.83 bits per heavy atom. The summed E-state index contributed by atoms with van der Waals surface area (Å²) in [5, 5.41) is 0. The smallest absolute Gasteiger partial charge is 0.125 e. The van der Waals surface area contributed by atoms with Crippen molar-refractivity contribution in [2.24, 2.45) is 5.73 Å². The van der Waals surface area contributed by atoms with Crippen molar-refractivity contribution in [2.45, 2.75) is 25.9 Å². The first-order valence-electron chi connectivity index (χ1n) is 3.56. The van der Waals surface area contributed by atoms with Crippen LogP contribution in [0.5, 0.6) is 0 Å². The molecule has 0 amide bonds. The molecule has 0 aliphatic carbocycles. The first-order valence-corrected chi connectivity index (χ1v) is 3.56. The third-order valence-electron chi connectivity index (χ3n) is 2.08. The number of halogens is 2. The van der Waals surface area contributed by atoms with Crippen molar-refractivity contribution in [1.82, 2.24) is 9.55 Å². The van der Waals surface area contributed by atoms with Gasteiger partial charge in [0.15, 0.2) is 0 Å². The lowest BCUT2D eigenvalue weighted by atomic mass is 10.3. The van der Waals surface area contributed by atoms with E-state index in [1.807, 2.05) is 6.20 Å². The molecular formula is C7H13Cl2N3. The van der Waals surface area contributed by atoms with E-state index in [2.05, 4.69) is 16.5 Å². The lowest BCUT2D eigenvalue weighted by Crippen LogP contribution is -2.06. The maximum absolute atomic E-state index is 5.78. The van der Waals surface area contributed by atoms with Gasteiger partial charge in [-0.25, -0.2) is 4.98 Å². The minimum absolute atomic E-state index is 0. The fraction of sp³-hybridized carbons (Fsp3) is 0.571. The van der Waals surface area contributed by atoms with E-state index in [1.54, 1.807) is 0 Å². The topological polar surface area (TPSA) is 43.8 Å². The highest BCUT2D eigenvalue weighted by atomic mass is 35.5. The summed E-state index contributed by atoms with van der Waals surface area (Å²) < 4.78 is 2.19. The third-order valence-corrected chi connectivity index (χ3v) is 2.08. The van der Waals surface area contributed by atoms with Gasteiger partial charge in [0.25, 0.3) is 0 Å². The number of rotatable bonds is 0. The Kier molecular flexibility index (Phi) is 4.03. The maximum atomic E-state index is 5.78. The second-order valence-corrected chi connectivity index (χ2v) is 2.80. The molecule has 5 heteroatoms. The van der Waals surface area contributed by atoms with Crippen LogP contribution in [0.3, 0.4) is 0 Å². The van der Waals surface area contributed by atoms with E-state index >= 15 is 0 Å². The highest BCUT2D eigenvalue weighted by Crippen LogP contribution is 2.22. The number of fused-ring (bicyclic) bond motifs is 1. The molecule has 70 valence electrons. The first-order chi connectivity index (χ1) is 4.79. The van der Waals surface area contributed by atoms with Gasteiger partial charge in [-0.3, -0.25) is 0 Å². The van der Waals surface area contributed by atoms with Crippen LogP contribution in [0, 0.1) is 6.92 Å². The van der Waals surface area contributed by atoms with Gasteiger partial charge in [0.1, 0.15) is 5.82 Å². The van der Waals surface area contributed by atoms with Crippen molar-refractivity contribution in [3.05, 3.63) is 17.7 Å². The monoisotopic (exact) mass is 209 g/mol. The van der Waals surface area contributed by atoms with Crippen LogP contribution >= 0.6 is 24.8 Å². The van der Waals surface area contributed by atoms with Gasteiger partial charge in [-0.2, -0.15) is 0 Å². The van der Waals surface area contributed by atoms with Crippen LogP contribution in [-0.4, -0.2) is 9.55 Å². The molecule has 1 aliphatic rings. The minimum atomic E-state index is 0. The van der Waals surface area contributed by atoms with Gasteiger partial charge in [-0.15, -0.1) is 24.8 Å². The van der Waals surface area contributed by atoms with Gasteiger partial charge in [-0.05, 0) is 13.3 Å². The van der Waals surface area contributed by atoms with E-state index in [1.165, 1.54) is 5.69 Å². The van der Waals surface area contributed by atoms with Crippen LogP contribution < -0.4 is 5.73 Å². The first kappa shape index (κ1) is 11.8. The van der Waals surface area contributed by atoms with Crippen molar-refractivity contribution in [2.75, 3.05) is 0 Å². The average Bonchev–Trinajstić information content (AvgIpc) is 2.41. The number of nitrogens with two attached hydrogens (primary N) is 1. The molecule has 0 radical (unpaired) electrons. The summed E-state index contributed by atoms with van der Waals surface area (Å²) in [6.45, 7) is 3.11. The van der Waals surface area contributed by atoms with Crippen molar-refractivity contribution < 1.29 is 0 Å². The number of aromatic nitrogens is 2. The summed E-state index contributed by atoms with van der Waals surface area (Å²) in [5.74, 6) is 1.05. The van der Waals surface area contributed by atoms with Gasteiger partial charge in [0, 0.05) is 18.4 Å². The molecule has 1 aromatic rings. The zero-order chi connectivity index (χ0) is 7.14. The standard InChI is InChI=1S/C7H11N3.2ClH/c1-5-4-9-7-6(8)2-3-10(5)7;;/h4,6H,2-3,8H2,1H3;2*1H. The number of hydrogen-bond acceptors (Lipinski definition) is 2. The Morgan fingerprint density at radius 1 is 1.58 bits per heavy atom. The molecule has 0 spiro atoms. The van der Waals surface area contributed by atoms with Crippen molar-refractivity contribution in [3.8, 4) is 0 Å². The predicted octanol–water partition coefficient (Wildman–Crippen LogP) is 1.44. The molecule has 2 heterocycles. The molecule has 12 heavy (non-hydrogen) atoms. The third kappa shape index (κ3) is 1.58. The number of hydrogen-bond donors (Lipinski definition) is 1. The zero-order valence-electron chi connectivity index (χ0n) is 6.86. The van der Waals surface area contributed by atoms with E-state index in [4.69, 9.17) is 5.73 Å². The van der Waals surface area contributed by atoms with Crippen LogP contribution in [0.15, 0.2) is 6.20 Å². The predicted molar refractivity (Wildman–Crippen MR) is 53.0 cm³/mol. The van der Waals surface area contributed by atoms with Gasteiger partial charge >= 0.3 is 0 Å². The summed E-state index contributed by atoms with van der Waals surface area (Å²) in [6, 6.07) is 0.175. The molecule has 0 bridgehead atoms. The van der Waals surface area contributed by atoms with Gasteiger partial charge < -0.3 is 10.3 Å². The van der Waals surface area contributed by atoms with E-state index < -0.39 is 0 Å². The normalized spacial score (nSPS) is 19.3. The molecule has 1 atom stereocenters. The highest BCUT2D eigenvalue weighted by molar-refractivity contribution is 5.85. The Morgan fingerprint density at radius 2 is 2.25 bits per heavy atom. The molecule has 1 aliphatic heterocycles. The fourth-order valence-corrected chi connectivity index (χ4v) is 1.46.